The number of benzene rings is 1. The molecule has 0 unspecified atom stereocenters. The smallest absolute Gasteiger partial charge is 0.263 e. The van der Waals surface area contributed by atoms with Crippen LogP contribution in [0, 0.1) is 5.82 Å². The van der Waals surface area contributed by atoms with E-state index in [4.69, 9.17) is 11.6 Å². The summed E-state index contributed by atoms with van der Waals surface area (Å²) in [6, 6.07) is 2.44. The van der Waals surface area contributed by atoms with Crippen LogP contribution in [0.25, 0.3) is 0 Å². The molecule has 0 radical (unpaired) electrons. The van der Waals surface area contributed by atoms with Crippen molar-refractivity contribution in [3.8, 4) is 0 Å². The highest BCUT2D eigenvalue weighted by Crippen LogP contribution is 2.35. The molecule has 0 bridgehead atoms. The Morgan fingerprint density at radius 2 is 1.95 bits per heavy atom. The molecular formula is C14H7ClFNO2S. The van der Waals surface area contributed by atoms with Crippen LogP contribution in [-0.2, 0) is 9.59 Å². The second-order valence-electron chi connectivity index (χ2n) is 4.28. The Morgan fingerprint density at radius 3 is 2.65 bits per heavy atom. The van der Waals surface area contributed by atoms with Crippen LogP contribution >= 0.6 is 24.2 Å². The molecule has 1 aromatic carbocycles. The van der Waals surface area contributed by atoms with Gasteiger partial charge in [-0.15, -0.1) is 12.6 Å². The summed E-state index contributed by atoms with van der Waals surface area (Å²) in [5.74, 6) is -1.39. The predicted molar refractivity (Wildman–Crippen MR) is 76.5 cm³/mol. The first-order chi connectivity index (χ1) is 9.49. The molecule has 0 N–H and O–H groups in total. The maximum absolute atomic E-state index is 14.0. The standard InChI is InChI=1S/C14H7ClFNO2S/c15-9-4-10(16)11(5-13(9)20)17-6-8-7(14(17)19)2-1-3-12(8)18/h1-6,20H. The van der Waals surface area contributed by atoms with Gasteiger partial charge in [0.1, 0.15) is 5.82 Å². The van der Waals surface area contributed by atoms with Crippen LogP contribution in [0.1, 0.15) is 0 Å². The van der Waals surface area contributed by atoms with Crippen molar-refractivity contribution in [3.05, 3.63) is 58.5 Å². The molecule has 0 spiro atoms. The van der Waals surface area contributed by atoms with E-state index in [9.17, 15) is 14.0 Å². The molecule has 0 fully saturated rings. The lowest BCUT2D eigenvalue weighted by Gasteiger charge is -2.15. The minimum absolute atomic E-state index is 0.0139. The molecule has 6 heteroatoms. The summed E-state index contributed by atoms with van der Waals surface area (Å²) in [6.07, 6.45) is 5.72. The van der Waals surface area contributed by atoms with Crippen molar-refractivity contribution in [2.24, 2.45) is 0 Å². The van der Waals surface area contributed by atoms with Crippen LogP contribution < -0.4 is 4.90 Å². The number of hydrogen-bond donors (Lipinski definition) is 1. The van der Waals surface area contributed by atoms with Gasteiger partial charge in [0, 0.05) is 11.1 Å². The number of allylic oxidation sites excluding steroid dienone is 3. The molecule has 0 atom stereocenters. The molecule has 0 saturated heterocycles. The summed E-state index contributed by atoms with van der Waals surface area (Å²) in [4.78, 5) is 25.4. The maximum atomic E-state index is 14.0. The van der Waals surface area contributed by atoms with E-state index in [1.807, 2.05) is 0 Å². The Hall–Kier alpha value is -1.85. The Bertz CT molecular complexity index is 752. The Labute approximate surface area is 124 Å². The van der Waals surface area contributed by atoms with Gasteiger partial charge in [-0.3, -0.25) is 14.5 Å². The largest absolute Gasteiger partial charge is 0.289 e. The van der Waals surface area contributed by atoms with E-state index in [-0.39, 0.29) is 27.6 Å². The van der Waals surface area contributed by atoms with E-state index in [2.05, 4.69) is 12.6 Å². The molecule has 1 amide bonds. The van der Waals surface area contributed by atoms with Crippen molar-refractivity contribution in [1.82, 2.24) is 0 Å². The average Bonchev–Trinajstić information content (AvgIpc) is 2.73. The van der Waals surface area contributed by atoms with Crippen LogP contribution in [0.5, 0.6) is 0 Å². The molecule has 20 heavy (non-hydrogen) atoms. The summed E-state index contributed by atoms with van der Waals surface area (Å²) < 4.78 is 14.0. The minimum atomic E-state index is -0.655. The van der Waals surface area contributed by atoms with Gasteiger partial charge < -0.3 is 0 Å². The van der Waals surface area contributed by atoms with Gasteiger partial charge in [-0.05, 0) is 24.3 Å². The van der Waals surface area contributed by atoms with E-state index >= 15 is 0 Å². The molecule has 2 aliphatic rings. The van der Waals surface area contributed by atoms with E-state index in [1.54, 1.807) is 0 Å². The Kier molecular flexibility index (Phi) is 3.03. The molecular weight excluding hydrogens is 301 g/mol. The minimum Gasteiger partial charge on any atom is -0.289 e. The monoisotopic (exact) mass is 307 g/mol. The topological polar surface area (TPSA) is 37.4 Å². The van der Waals surface area contributed by atoms with Crippen LogP contribution in [0.2, 0.25) is 5.02 Å². The van der Waals surface area contributed by atoms with Gasteiger partial charge in [-0.25, -0.2) is 4.39 Å². The van der Waals surface area contributed by atoms with Gasteiger partial charge in [0.15, 0.2) is 5.78 Å². The molecule has 1 aliphatic carbocycles. The molecule has 1 heterocycles. The van der Waals surface area contributed by atoms with E-state index < -0.39 is 11.7 Å². The van der Waals surface area contributed by atoms with Gasteiger partial charge in [-0.1, -0.05) is 17.7 Å². The third-order valence-electron chi connectivity index (χ3n) is 3.05. The zero-order valence-corrected chi connectivity index (χ0v) is 11.6. The second-order valence-corrected chi connectivity index (χ2v) is 5.17. The molecule has 0 saturated carbocycles. The van der Waals surface area contributed by atoms with Gasteiger partial charge in [-0.2, -0.15) is 0 Å². The Balaban J connectivity index is 2.12. The number of hydrogen-bond acceptors (Lipinski definition) is 3. The van der Waals surface area contributed by atoms with Crippen molar-refractivity contribution in [2.45, 2.75) is 4.90 Å². The van der Waals surface area contributed by atoms with E-state index in [0.29, 0.717) is 4.90 Å². The third-order valence-corrected chi connectivity index (χ3v) is 3.86. The number of carbonyl (C=O) groups excluding carboxylic acids is 2. The van der Waals surface area contributed by atoms with E-state index in [1.165, 1.54) is 30.5 Å². The molecule has 3 nitrogen and oxygen atoms in total. The average molecular weight is 308 g/mol. The number of ketones is 1. The molecule has 100 valence electrons. The fraction of sp³-hybridized carbons (Fsp3) is 0. The van der Waals surface area contributed by atoms with Crippen molar-refractivity contribution < 1.29 is 14.0 Å². The summed E-state index contributed by atoms with van der Waals surface area (Å²) >= 11 is 9.87. The quantitative estimate of drug-likeness (QED) is 0.810. The molecule has 0 aromatic heterocycles. The summed E-state index contributed by atoms with van der Waals surface area (Å²) in [7, 11) is 0. The maximum Gasteiger partial charge on any atom is 0.263 e. The highest BCUT2D eigenvalue weighted by atomic mass is 35.5. The number of amides is 1. The number of rotatable bonds is 1. The predicted octanol–water partition coefficient (Wildman–Crippen LogP) is 3.06. The number of fused-ring (bicyclic) bond motifs is 1. The summed E-state index contributed by atoms with van der Waals surface area (Å²) in [5.41, 5.74) is 0.528. The summed E-state index contributed by atoms with van der Waals surface area (Å²) in [6.45, 7) is 0. The molecule has 1 aromatic rings. The first kappa shape index (κ1) is 13.1. The van der Waals surface area contributed by atoms with Gasteiger partial charge in [0.05, 0.1) is 21.9 Å². The van der Waals surface area contributed by atoms with Crippen molar-refractivity contribution >= 4 is 41.6 Å². The van der Waals surface area contributed by atoms with Crippen LogP contribution in [0.3, 0.4) is 0 Å². The van der Waals surface area contributed by atoms with Gasteiger partial charge >= 0.3 is 0 Å². The van der Waals surface area contributed by atoms with Crippen LogP contribution in [0.4, 0.5) is 10.1 Å². The van der Waals surface area contributed by atoms with Crippen molar-refractivity contribution in [3.63, 3.8) is 0 Å². The Morgan fingerprint density at radius 1 is 1.20 bits per heavy atom. The number of anilines is 1. The fourth-order valence-corrected chi connectivity index (χ4v) is 2.41. The first-order valence-corrected chi connectivity index (χ1v) is 6.48. The SMILES string of the molecule is O=C1C=CC=C2C(=O)N(c3cc(S)c(Cl)cc3F)C=C12. The van der Waals surface area contributed by atoms with Crippen molar-refractivity contribution in [2.75, 3.05) is 4.90 Å². The summed E-state index contributed by atoms with van der Waals surface area (Å²) in [5, 5.41) is 0.156. The van der Waals surface area contributed by atoms with Crippen molar-refractivity contribution in [1.29, 1.82) is 0 Å². The lowest BCUT2D eigenvalue weighted by molar-refractivity contribution is -0.115. The fourth-order valence-electron chi connectivity index (χ4n) is 2.07. The number of carbonyl (C=O) groups is 2. The first-order valence-electron chi connectivity index (χ1n) is 5.65. The molecule has 1 aliphatic heterocycles. The molecule has 3 rings (SSSR count). The zero-order valence-electron chi connectivity index (χ0n) is 9.93. The number of halogens is 2. The third kappa shape index (κ3) is 1.90. The number of thiol groups is 1. The second kappa shape index (κ2) is 4.61. The number of nitrogens with zero attached hydrogens (tertiary/aromatic N) is 1. The highest BCUT2D eigenvalue weighted by molar-refractivity contribution is 7.80. The van der Waals surface area contributed by atoms with Gasteiger partial charge in [0.2, 0.25) is 0 Å². The lowest BCUT2D eigenvalue weighted by atomic mass is 10.00. The zero-order chi connectivity index (χ0) is 14.4. The van der Waals surface area contributed by atoms with Crippen LogP contribution in [0.15, 0.2) is 52.6 Å². The van der Waals surface area contributed by atoms with E-state index in [0.717, 1.165) is 11.0 Å². The normalized spacial score (nSPS) is 17.2. The highest BCUT2D eigenvalue weighted by Gasteiger charge is 2.34. The van der Waals surface area contributed by atoms with Gasteiger partial charge in [0.25, 0.3) is 5.91 Å². The van der Waals surface area contributed by atoms with Crippen LogP contribution in [-0.4, -0.2) is 11.7 Å². The lowest BCUT2D eigenvalue weighted by Crippen LogP contribution is -2.22.